The molecule has 3 aromatic rings. The van der Waals surface area contributed by atoms with Gasteiger partial charge in [-0.25, -0.2) is 5.43 Å². The monoisotopic (exact) mass is 533 g/mol. The second-order valence-electron chi connectivity index (χ2n) is 6.59. The Morgan fingerprint density at radius 1 is 1.09 bits per heavy atom. The molecule has 0 aliphatic heterocycles. The molecule has 0 fully saturated rings. The van der Waals surface area contributed by atoms with Gasteiger partial charge >= 0.3 is 0 Å². The van der Waals surface area contributed by atoms with Crippen molar-refractivity contribution in [1.82, 2.24) is 20.2 Å². The van der Waals surface area contributed by atoms with E-state index in [1.807, 2.05) is 47.9 Å². The van der Waals surface area contributed by atoms with Crippen molar-refractivity contribution in [3.63, 3.8) is 0 Å². The highest BCUT2D eigenvalue weighted by molar-refractivity contribution is 9.10. The Morgan fingerprint density at radius 2 is 1.82 bits per heavy atom. The lowest BCUT2D eigenvalue weighted by Gasteiger charge is -2.10. The van der Waals surface area contributed by atoms with E-state index in [-0.39, 0.29) is 11.7 Å². The molecule has 1 amide bonds. The van der Waals surface area contributed by atoms with Gasteiger partial charge in [0.2, 0.25) is 0 Å². The summed E-state index contributed by atoms with van der Waals surface area (Å²) in [5.74, 6) is 2.45. The van der Waals surface area contributed by atoms with Crippen LogP contribution < -0.4 is 19.6 Å². The predicted octanol–water partition coefficient (Wildman–Crippen LogP) is 4.00. The van der Waals surface area contributed by atoms with Crippen molar-refractivity contribution >= 4 is 39.8 Å². The molecule has 1 aromatic heterocycles. The van der Waals surface area contributed by atoms with Gasteiger partial charge in [-0.05, 0) is 43.3 Å². The van der Waals surface area contributed by atoms with Crippen molar-refractivity contribution in [2.75, 3.05) is 27.1 Å². The Morgan fingerprint density at radius 3 is 2.52 bits per heavy atom. The SMILES string of the molecule is CCn1c(SCC(=O)N/N=C/c2cc(Br)ccc2OC)nnc1-c1ccc(OC)c(OC)c1. The summed E-state index contributed by atoms with van der Waals surface area (Å²) in [5.41, 5.74) is 4.11. The number of thioether (sulfide) groups is 1. The molecule has 0 spiro atoms. The van der Waals surface area contributed by atoms with Gasteiger partial charge in [-0.1, -0.05) is 27.7 Å². The van der Waals surface area contributed by atoms with E-state index in [0.29, 0.717) is 34.8 Å². The van der Waals surface area contributed by atoms with Crippen molar-refractivity contribution in [1.29, 1.82) is 0 Å². The number of hydrogen-bond donors (Lipinski definition) is 1. The largest absolute Gasteiger partial charge is 0.496 e. The van der Waals surface area contributed by atoms with Crippen molar-refractivity contribution < 1.29 is 19.0 Å². The minimum atomic E-state index is -0.261. The van der Waals surface area contributed by atoms with Crippen LogP contribution in [0.15, 0.2) is 51.1 Å². The van der Waals surface area contributed by atoms with Gasteiger partial charge < -0.3 is 18.8 Å². The molecule has 33 heavy (non-hydrogen) atoms. The van der Waals surface area contributed by atoms with Gasteiger partial charge in [0.15, 0.2) is 22.5 Å². The van der Waals surface area contributed by atoms with Crippen LogP contribution >= 0.6 is 27.7 Å². The quantitative estimate of drug-likeness (QED) is 0.239. The van der Waals surface area contributed by atoms with Crippen molar-refractivity contribution in [3.05, 3.63) is 46.4 Å². The first-order valence-corrected chi connectivity index (χ1v) is 11.7. The zero-order valence-corrected chi connectivity index (χ0v) is 21.1. The van der Waals surface area contributed by atoms with Crippen molar-refractivity contribution in [2.24, 2.45) is 5.10 Å². The Balaban J connectivity index is 1.66. The van der Waals surface area contributed by atoms with E-state index in [1.165, 1.54) is 18.0 Å². The molecule has 0 bridgehead atoms. The Labute approximate surface area is 204 Å². The number of halogens is 1. The number of nitrogens with zero attached hydrogens (tertiary/aromatic N) is 4. The maximum absolute atomic E-state index is 12.3. The second-order valence-corrected chi connectivity index (χ2v) is 8.45. The predicted molar refractivity (Wildman–Crippen MR) is 131 cm³/mol. The molecule has 3 rings (SSSR count). The zero-order chi connectivity index (χ0) is 23.8. The van der Waals surface area contributed by atoms with Crippen LogP contribution in [0.5, 0.6) is 17.2 Å². The average Bonchev–Trinajstić information content (AvgIpc) is 3.25. The van der Waals surface area contributed by atoms with E-state index in [2.05, 4.69) is 36.7 Å². The third-order valence-corrected chi connectivity index (χ3v) is 6.05. The molecule has 0 atom stereocenters. The Kier molecular flexibility index (Phi) is 8.72. The highest BCUT2D eigenvalue weighted by Gasteiger charge is 2.16. The molecule has 0 unspecified atom stereocenters. The lowest BCUT2D eigenvalue weighted by molar-refractivity contribution is -0.118. The summed E-state index contributed by atoms with van der Waals surface area (Å²) in [5, 5.41) is 13.2. The highest BCUT2D eigenvalue weighted by Crippen LogP contribution is 2.32. The number of hydrogen-bond acceptors (Lipinski definition) is 8. The van der Waals surface area contributed by atoms with Gasteiger partial charge in [-0.3, -0.25) is 4.79 Å². The molecule has 11 heteroatoms. The topological polar surface area (TPSA) is 99.9 Å². The molecule has 0 saturated heterocycles. The highest BCUT2D eigenvalue weighted by atomic mass is 79.9. The van der Waals surface area contributed by atoms with Crippen LogP contribution in [0.1, 0.15) is 12.5 Å². The first-order chi connectivity index (χ1) is 16.0. The van der Waals surface area contributed by atoms with Crippen LogP contribution in [0.25, 0.3) is 11.4 Å². The molecule has 9 nitrogen and oxygen atoms in total. The van der Waals surface area contributed by atoms with Crippen LogP contribution in [0.4, 0.5) is 0 Å². The first-order valence-electron chi connectivity index (χ1n) is 9.94. The number of methoxy groups -OCH3 is 3. The van der Waals surface area contributed by atoms with Crippen molar-refractivity contribution in [3.8, 4) is 28.6 Å². The lowest BCUT2D eigenvalue weighted by atomic mass is 10.2. The van der Waals surface area contributed by atoms with E-state index in [9.17, 15) is 4.79 Å². The van der Waals surface area contributed by atoms with Gasteiger partial charge in [0.1, 0.15) is 5.75 Å². The number of benzene rings is 2. The van der Waals surface area contributed by atoms with Gasteiger partial charge in [-0.2, -0.15) is 5.10 Å². The molecule has 0 aliphatic carbocycles. The fourth-order valence-corrected chi connectivity index (χ4v) is 4.19. The van der Waals surface area contributed by atoms with Gasteiger partial charge in [0.05, 0.1) is 33.3 Å². The van der Waals surface area contributed by atoms with Crippen LogP contribution in [-0.4, -0.2) is 54.0 Å². The summed E-state index contributed by atoms with van der Waals surface area (Å²) >= 11 is 4.69. The van der Waals surface area contributed by atoms with Gasteiger partial charge in [0, 0.05) is 22.1 Å². The molecule has 0 radical (unpaired) electrons. The lowest BCUT2D eigenvalue weighted by Crippen LogP contribution is -2.20. The number of carbonyl (C=O) groups is 1. The van der Waals surface area contributed by atoms with Crippen LogP contribution in [-0.2, 0) is 11.3 Å². The molecule has 1 heterocycles. The fraction of sp³-hybridized carbons (Fsp3) is 0.273. The Bertz CT molecular complexity index is 1150. The average molecular weight is 534 g/mol. The third-order valence-electron chi connectivity index (χ3n) is 4.59. The summed E-state index contributed by atoms with van der Waals surface area (Å²) in [6.07, 6.45) is 1.54. The van der Waals surface area contributed by atoms with Crippen LogP contribution in [0, 0.1) is 0 Å². The number of carbonyl (C=O) groups excluding carboxylic acids is 1. The van der Waals surface area contributed by atoms with E-state index < -0.39 is 0 Å². The second kappa shape index (κ2) is 11.7. The van der Waals surface area contributed by atoms with E-state index >= 15 is 0 Å². The summed E-state index contributed by atoms with van der Waals surface area (Å²) in [7, 11) is 4.75. The maximum atomic E-state index is 12.3. The third kappa shape index (κ3) is 6.05. The molecule has 2 aromatic carbocycles. The van der Waals surface area contributed by atoms with Gasteiger partial charge in [0.25, 0.3) is 5.91 Å². The molecular weight excluding hydrogens is 510 g/mol. The molecule has 0 aliphatic rings. The number of hydrazone groups is 1. The summed E-state index contributed by atoms with van der Waals surface area (Å²) in [6, 6.07) is 11.1. The smallest absolute Gasteiger partial charge is 0.250 e. The van der Waals surface area contributed by atoms with Crippen molar-refractivity contribution in [2.45, 2.75) is 18.6 Å². The molecular formula is C22H24BrN5O4S. The number of amides is 1. The minimum Gasteiger partial charge on any atom is -0.496 e. The fourth-order valence-electron chi connectivity index (χ4n) is 3.01. The number of rotatable bonds is 10. The number of ether oxygens (including phenoxy) is 3. The minimum absolute atomic E-state index is 0.136. The van der Waals surface area contributed by atoms with Gasteiger partial charge in [-0.15, -0.1) is 10.2 Å². The number of nitrogens with one attached hydrogen (secondary N) is 1. The molecule has 174 valence electrons. The van der Waals surface area contributed by atoms with E-state index in [4.69, 9.17) is 14.2 Å². The number of aromatic nitrogens is 3. The van der Waals surface area contributed by atoms with E-state index in [0.717, 1.165) is 15.6 Å². The Hall–Kier alpha value is -3.05. The maximum Gasteiger partial charge on any atom is 0.250 e. The first kappa shape index (κ1) is 24.6. The normalized spacial score (nSPS) is 10.9. The summed E-state index contributed by atoms with van der Waals surface area (Å²) < 4.78 is 18.8. The standard InChI is InChI=1S/C22H24BrN5O4S/c1-5-28-21(14-6-8-18(31-3)19(11-14)32-4)26-27-22(28)33-13-20(29)25-24-12-15-10-16(23)7-9-17(15)30-2/h6-12H,5,13H2,1-4H3,(H,25,29)/b24-12+. The molecule has 0 saturated carbocycles. The van der Waals surface area contributed by atoms with E-state index in [1.54, 1.807) is 21.3 Å². The summed E-state index contributed by atoms with van der Waals surface area (Å²) in [6.45, 7) is 2.63. The van der Waals surface area contributed by atoms with Crippen LogP contribution in [0.2, 0.25) is 0 Å². The molecule has 1 N–H and O–H groups in total. The zero-order valence-electron chi connectivity index (χ0n) is 18.7. The summed E-state index contributed by atoms with van der Waals surface area (Å²) in [4.78, 5) is 12.3. The van der Waals surface area contributed by atoms with Crippen LogP contribution in [0.3, 0.4) is 0 Å².